The molecule has 0 aliphatic carbocycles. The van der Waals surface area contributed by atoms with Gasteiger partial charge in [0.1, 0.15) is 0 Å². The summed E-state index contributed by atoms with van der Waals surface area (Å²) in [5.74, 6) is 0. The van der Waals surface area contributed by atoms with Crippen LogP contribution in [0.15, 0.2) is 10.3 Å². The van der Waals surface area contributed by atoms with Crippen LogP contribution >= 0.6 is 0 Å². The number of nitrogens with zero attached hydrogens (tertiary/aromatic N) is 3. The molecule has 0 saturated carbocycles. The molecule has 0 saturated heterocycles. The summed E-state index contributed by atoms with van der Waals surface area (Å²) in [6.45, 7) is 5.87. The standard InChI is InChI=1S/C10H21N3O2/c1-3-5-14-7-8-15-6-4-10-9-11-12-13(10)2/h10H,3-9H2,1-2H3. The minimum atomic E-state index is 0.418. The van der Waals surface area contributed by atoms with Gasteiger partial charge >= 0.3 is 0 Å². The molecule has 1 unspecified atom stereocenters. The molecular weight excluding hydrogens is 194 g/mol. The van der Waals surface area contributed by atoms with Gasteiger partial charge in [-0.05, 0) is 12.8 Å². The fourth-order valence-corrected chi connectivity index (χ4v) is 1.39. The molecule has 0 aromatic heterocycles. The zero-order valence-corrected chi connectivity index (χ0v) is 9.69. The Morgan fingerprint density at radius 3 is 2.53 bits per heavy atom. The average molecular weight is 215 g/mol. The first-order valence-electron chi connectivity index (χ1n) is 5.60. The van der Waals surface area contributed by atoms with Crippen molar-refractivity contribution < 1.29 is 9.47 Å². The van der Waals surface area contributed by atoms with E-state index >= 15 is 0 Å². The van der Waals surface area contributed by atoms with Gasteiger partial charge in [0.15, 0.2) is 0 Å². The highest BCUT2D eigenvalue weighted by Gasteiger charge is 2.17. The van der Waals surface area contributed by atoms with Crippen LogP contribution in [0.3, 0.4) is 0 Å². The second kappa shape index (κ2) is 7.59. The van der Waals surface area contributed by atoms with Crippen LogP contribution in [0.5, 0.6) is 0 Å². The molecule has 0 amide bonds. The average Bonchev–Trinajstić information content (AvgIpc) is 2.63. The Balaban J connectivity index is 1.85. The molecule has 0 bridgehead atoms. The Bertz CT molecular complexity index is 188. The smallest absolute Gasteiger partial charge is 0.0842 e. The lowest BCUT2D eigenvalue weighted by atomic mass is 10.2. The summed E-state index contributed by atoms with van der Waals surface area (Å²) in [4.78, 5) is 0. The van der Waals surface area contributed by atoms with Crippen LogP contribution in [-0.4, -0.2) is 51.1 Å². The van der Waals surface area contributed by atoms with Crippen molar-refractivity contribution in [2.45, 2.75) is 25.8 Å². The predicted octanol–water partition coefficient (Wildman–Crippen LogP) is 1.50. The number of hydrogen-bond acceptors (Lipinski definition) is 5. The van der Waals surface area contributed by atoms with Crippen LogP contribution in [0.4, 0.5) is 0 Å². The van der Waals surface area contributed by atoms with Crippen molar-refractivity contribution in [3.05, 3.63) is 0 Å². The van der Waals surface area contributed by atoms with Crippen LogP contribution in [0.1, 0.15) is 19.8 Å². The van der Waals surface area contributed by atoms with E-state index < -0.39 is 0 Å². The monoisotopic (exact) mass is 215 g/mol. The highest BCUT2D eigenvalue weighted by atomic mass is 16.5. The lowest BCUT2D eigenvalue weighted by Crippen LogP contribution is -2.26. The molecule has 1 rings (SSSR count). The van der Waals surface area contributed by atoms with E-state index in [4.69, 9.17) is 9.47 Å². The molecule has 88 valence electrons. The molecule has 0 spiro atoms. The molecule has 1 heterocycles. The van der Waals surface area contributed by atoms with Crippen LogP contribution in [0, 0.1) is 0 Å². The lowest BCUT2D eigenvalue weighted by molar-refractivity contribution is 0.0416. The van der Waals surface area contributed by atoms with Crippen molar-refractivity contribution >= 4 is 0 Å². The fraction of sp³-hybridized carbons (Fsp3) is 1.00. The van der Waals surface area contributed by atoms with Gasteiger partial charge in [-0.2, -0.15) is 5.11 Å². The van der Waals surface area contributed by atoms with Crippen molar-refractivity contribution in [2.75, 3.05) is 40.0 Å². The summed E-state index contributed by atoms with van der Waals surface area (Å²) in [7, 11) is 1.95. The Labute approximate surface area is 91.4 Å². The first-order valence-corrected chi connectivity index (χ1v) is 5.60. The van der Waals surface area contributed by atoms with E-state index in [0.29, 0.717) is 19.3 Å². The van der Waals surface area contributed by atoms with Crippen molar-refractivity contribution in [1.82, 2.24) is 5.01 Å². The summed E-state index contributed by atoms with van der Waals surface area (Å²) in [5, 5.41) is 9.79. The van der Waals surface area contributed by atoms with E-state index in [-0.39, 0.29) is 0 Å². The van der Waals surface area contributed by atoms with E-state index in [1.165, 1.54) is 0 Å². The Hall–Kier alpha value is -0.680. The van der Waals surface area contributed by atoms with E-state index in [9.17, 15) is 0 Å². The highest BCUT2D eigenvalue weighted by Crippen LogP contribution is 2.10. The maximum absolute atomic E-state index is 5.46. The largest absolute Gasteiger partial charge is 0.379 e. The van der Waals surface area contributed by atoms with Gasteiger partial charge in [-0.25, -0.2) is 0 Å². The first kappa shape index (κ1) is 12.4. The third-order valence-corrected chi connectivity index (χ3v) is 2.34. The van der Waals surface area contributed by atoms with Gasteiger partial charge in [0, 0.05) is 20.3 Å². The third kappa shape index (κ3) is 5.09. The molecule has 0 aromatic rings. The Kier molecular flexibility index (Phi) is 6.27. The van der Waals surface area contributed by atoms with Crippen molar-refractivity contribution in [3.8, 4) is 0 Å². The van der Waals surface area contributed by atoms with E-state index in [1.54, 1.807) is 0 Å². The van der Waals surface area contributed by atoms with Gasteiger partial charge in [0.25, 0.3) is 0 Å². The summed E-state index contributed by atoms with van der Waals surface area (Å²) < 4.78 is 10.8. The SMILES string of the molecule is CCCOCCOCCC1CN=NN1C. The van der Waals surface area contributed by atoms with Crippen LogP contribution in [-0.2, 0) is 9.47 Å². The molecule has 0 aromatic carbocycles. The topological polar surface area (TPSA) is 46.4 Å². The van der Waals surface area contributed by atoms with Gasteiger partial charge < -0.3 is 9.47 Å². The van der Waals surface area contributed by atoms with Crippen LogP contribution in [0.25, 0.3) is 0 Å². The maximum Gasteiger partial charge on any atom is 0.0842 e. The second-order valence-corrected chi connectivity index (χ2v) is 3.65. The normalized spacial score (nSPS) is 20.1. The second-order valence-electron chi connectivity index (χ2n) is 3.65. The summed E-state index contributed by atoms with van der Waals surface area (Å²) in [5.41, 5.74) is 0. The number of rotatable bonds is 8. The van der Waals surface area contributed by atoms with Crippen molar-refractivity contribution in [2.24, 2.45) is 10.3 Å². The minimum Gasteiger partial charge on any atom is -0.379 e. The zero-order valence-electron chi connectivity index (χ0n) is 9.69. The van der Waals surface area contributed by atoms with Gasteiger partial charge in [0.05, 0.1) is 25.8 Å². The molecule has 5 heteroatoms. The van der Waals surface area contributed by atoms with E-state index in [0.717, 1.165) is 32.6 Å². The molecule has 1 atom stereocenters. The molecular formula is C10H21N3O2. The van der Waals surface area contributed by atoms with Crippen LogP contribution in [0.2, 0.25) is 0 Å². The molecule has 1 aliphatic rings. The summed E-state index contributed by atoms with van der Waals surface area (Å²) in [6.07, 6.45) is 2.05. The summed E-state index contributed by atoms with van der Waals surface area (Å²) >= 11 is 0. The number of hydrogen-bond donors (Lipinski definition) is 0. The molecule has 15 heavy (non-hydrogen) atoms. The van der Waals surface area contributed by atoms with Gasteiger partial charge in [-0.15, -0.1) is 0 Å². The molecule has 1 aliphatic heterocycles. The first-order chi connectivity index (χ1) is 7.34. The van der Waals surface area contributed by atoms with Crippen molar-refractivity contribution in [3.63, 3.8) is 0 Å². The van der Waals surface area contributed by atoms with Crippen LogP contribution < -0.4 is 0 Å². The number of likely N-dealkylation sites (N-methyl/N-ethyl adjacent to an activating group) is 1. The Morgan fingerprint density at radius 1 is 1.20 bits per heavy atom. The van der Waals surface area contributed by atoms with Crippen molar-refractivity contribution in [1.29, 1.82) is 0 Å². The molecule has 0 fully saturated rings. The third-order valence-electron chi connectivity index (χ3n) is 2.34. The highest BCUT2D eigenvalue weighted by molar-refractivity contribution is 4.71. The minimum absolute atomic E-state index is 0.418. The number of ether oxygens (including phenoxy) is 2. The van der Waals surface area contributed by atoms with E-state index in [2.05, 4.69) is 17.3 Å². The van der Waals surface area contributed by atoms with Gasteiger partial charge in [-0.1, -0.05) is 12.1 Å². The predicted molar refractivity (Wildman–Crippen MR) is 57.8 cm³/mol. The van der Waals surface area contributed by atoms with E-state index in [1.807, 2.05) is 12.1 Å². The molecule has 5 nitrogen and oxygen atoms in total. The summed E-state index contributed by atoms with van der Waals surface area (Å²) in [6, 6.07) is 0.418. The van der Waals surface area contributed by atoms with Gasteiger partial charge in [-0.3, -0.25) is 5.01 Å². The maximum atomic E-state index is 5.46. The Morgan fingerprint density at radius 2 is 1.93 bits per heavy atom. The quantitative estimate of drug-likeness (QED) is 0.576. The molecule has 0 radical (unpaired) electrons. The lowest BCUT2D eigenvalue weighted by Gasteiger charge is -2.16. The molecule has 0 N–H and O–H groups in total. The zero-order chi connectivity index (χ0) is 10.9. The fourth-order valence-electron chi connectivity index (χ4n) is 1.39. The van der Waals surface area contributed by atoms with Gasteiger partial charge in [0.2, 0.25) is 0 Å².